The van der Waals surface area contributed by atoms with Crippen molar-refractivity contribution >= 4 is 11.6 Å². The van der Waals surface area contributed by atoms with Crippen LogP contribution in [0.15, 0.2) is 24.3 Å². The van der Waals surface area contributed by atoms with Crippen molar-refractivity contribution in [2.45, 2.75) is 39.2 Å². The summed E-state index contributed by atoms with van der Waals surface area (Å²) in [6, 6.07) is 8.38. The molecule has 0 aliphatic heterocycles. The Kier molecular flexibility index (Phi) is 9.68. The van der Waals surface area contributed by atoms with Crippen molar-refractivity contribution in [2.24, 2.45) is 0 Å². The highest BCUT2D eigenvalue weighted by molar-refractivity contribution is 6.31. The zero-order valence-corrected chi connectivity index (χ0v) is 14.1. The summed E-state index contributed by atoms with van der Waals surface area (Å²) in [5, 5.41) is 13.4. The molecule has 1 atom stereocenters. The highest BCUT2D eigenvalue weighted by atomic mass is 35.5. The fraction of sp³-hybridized carbons (Fsp3) is 0.647. The second-order valence-electron chi connectivity index (χ2n) is 5.33. The van der Waals surface area contributed by atoms with Gasteiger partial charge in [-0.05, 0) is 50.5 Å². The van der Waals surface area contributed by atoms with Gasteiger partial charge in [-0.1, -0.05) is 43.6 Å². The quantitative estimate of drug-likeness (QED) is 0.656. The number of hydrogen-bond acceptors (Lipinski definition) is 3. The fourth-order valence-electron chi connectivity index (χ4n) is 2.48. The van der Waals surface area contributed by atoms with Crippen LogP contribution < -0.4 is 5.32 Å². The highest BCUT2D eigenvalue weighted by Crippen LogP contribution is 2.25. The lowest BCUT2D eigenvalue weighted by atomic mass is 10.0. The Morgan fingerprint density at radius 1 is 1.24 bits per heavy atom. The van der Waals surface area contributed by atoms with Gasteiger partial charge in [0, 0.05) is 24.2 Å². The summed E-state index contributed by atoms with van der Waals surface area (Å²) < 4.78 is 0. The van der Waals surface area contributed by atoms with E-state index in [1.807, 2.05) is 18.2 Å². The molecule has 120 valence electrons. The van der Waals surface area contributed by atoms with Crippen molar-refractivity contribution in [3.05, 3.63) is 34.9 Å². The van der Waals surface area contributed by atoms with Gasteiger partial charge < -0.3 is 15.3 Å². The molecule has 4 heteroatoms. The van der Waals surface area contributed by atoms with E-state index in [0.717, 1.165) is 50.5 Å². The van der Waals surface area contributed by atoms with Crippen molar-refractivity contribution < 1.29 is 5.11 Å². The Labute approximate surface area is 134 Å². The lowest BCUT2D eigenvalue weighted by Gasteiger charge is -2.25. The monoisotopic (exact) mass is 312 g/mol. The molecule has 1 aromatic carbocycles. The molecule has 1 aromatic rings. The van der Waals surface area contributed by atoms with E-state index < -0.39 is 0 Å². The molecular formula is C17H29ClN2O. The Bertz CT molecular complexity index is 387. The SMILES string of the molecule is CCCNC(CCN(CC)CCCO)c1ccccc1Cl. The van der Waals surface area contributed by atoms with Crippen LogP contribution in [0.3, 0.4) is 0 Å². The van der Waals surface area contributed by atoms with Crippen molar-refractivity contribution in [1.29, 1.82) is 0 Å². The van der Waals surface area contributed by atoms with E-state index in [-0.39, 0.29) is 6.61 Å². The van der Waals surface area contributed by atoms with E-state index in [0.29, 0.717) is 6.04 Å². The predicted octanol–water partition coefficient (Wildman–Crippen LogP) is 3.48. The van der Waals surface area contributed by atoms with Gasteiger partial charge in [0.05, 0.1) is 0 Å². The van der Waals surface area contributed by atoms with Gasteiger partial charge in [0.25, 0.3) is 0 Å². The molecule has 1 unspecified atom stereocenters. The summed E-state index contributed by atoms with van der Waals surface area (Å²) in [6.07, 6.45) is 2.99. The summed E-state index contributed by atoms with van der Waals surface area (Å²) in [5.74, 6) is 0. The first-order chi connectivity index (χ1) is 10.2. The number of rotatable bonds is 11. The largest absolute Gasteiger partial charge is 0.396 e. The molecule has 0 saturated carbocycles. The Morgan fingerprint density at radius 2 is 2.00 bits per heavy atom. The van der Waals surface area contributed by atoms with Crippen molar-refractivity contribution in [2.75, 3.05) is 32.8 Å². The molecule has 0 amide bonds. The van der Waals surface area contributed by atoms with E-state index in [9.17, 15) is 0 Å². The summed E-state index contributed by atoms with van der Waals surface area (Å²) in [4.78, 5) is 2.38. The number of nitrogens with one attached hydrogen (secondary N) is 1. The second kappa shape index (κ2) is 11.0. The first-order valence-electron chi connectivity index (χ1n) is 8.03. The molecule has 0 spiro atoms. The summed E-state index contributed by atoms with van der Waals surface area (Å²) >= 11 is 6.34. The normalized spacial score (nSPS) is 12.8. The minimum absolute atomic E-state index is 0.262. The zero-order chi connectivity index (χ0) is 15.5. The maximum absolute atomic E-state index is 8.96. The highest BCUT2D eigenvalue weighted by Gasteiger charge is 2.15. The summed E-state index contributed by atoms with van der Waals surface area (Å²) in [7, 11) is 0. The Morgan fingerprint density at radius 3 is 2.62 bits per heavy atom. The lowest BCUT2D eigenvalue weighted by Crippen LogP contribution is -2.31. The van der Waals surface area contributed by atoms with E-state index in [1.54, 1.807) is 0 Å². The molecular weight excluding hydrogens is 284 g/mol. The minimum Gasteiger partial charge on any atom is -0.396 e. The van der Waals surface area contributed by atoms with E-state index in [2.05, 4.69) is 30.1 Å². The maximum atomic E-state index is 8.96. The number of hydrogen-bond donors (Lipinski definition) is 2. The van der Waals surface area contributed by atoms with Crippen LogP contribution >= 0.6 is 11.6 Å². The topological polar surface area (TPSA) is 35.5 Å². The Hall–Kier alpha value is -0.610. The van der Waals surface area contributed by atoms with Gasteiger partial charge in [-0.25, -0.2) is 0 Å². The molecule has 3 nitrogen and oxygen atoms in total. The average molecular weight is 313 g/mol. The molecule has 0 radical (unpaired) electrons. The summed E-state index contributed by atoms with van der Waals surface area (Å²) in [5.41, 5.74) is 1.19. The second-order valence-corrected chi connectivity index (χ2v) is 5.74. The number of halogens is 1. The van der Waals surface area contributed by atoms with Crippen LogP contribution in [-0.2, 0) is 0 Å². The molecule has 21 heavy (non-hydrogen) atoms. The molecule has 0 fully saturated rings. The molecule has 0 aliphatic carbocycles. The van der Waals surface area contributed by atoms with Crippen LogP contribution in [0.5, 0.6) is 0 Å². The predicted molar refractivity (Wildman–Crippen MR) is 90.9 cm³/mol. The van der Waals surface area contributed by atoms with Gasteiger partial charge in [0.15, 0.2) is 0 Å². The van der Waals surface area contributed by atoms with E-state index in [4.69, 9.17) is 16.7 Å². The van der Waals surface area contributed by atoms with Crippen LogP contribution in [0.2, 0.25) is 5.02 Å². The van der Waals surface area contributed by atoms with Crippen molar-refractivity contribution in [3.63, 3.8) is 0 Å². The fourth-order valence-corrected chi connectivity index (χ4v) is 2.75. The molecule has 0 aromatic heterocycles. The first-order valence-corrected chi connectivity index (χ1v) is 8.41. The van der Waals surface area contributed by atoms with Crippen LogP contribution in [0.25, 0.3) is 0 Å². The molecule has 1 rings (SSSR count). The van der Waals surface area contributed by atoms with Crippen molar-refractivity contribution in [3.8, 4) is 0 Å². The van der Waals surface area contributed by atoms with E-state index >= 15 is 0 Å². The number of aliphatic hydroxyl groups excluding tert-OH is 1. The third-order valence-electron chi connectivity index (χ3n) is 3.74. The molecule has 2 N–H and O–H groups in total. The van der Waals surface area contributed by atoms with E-state index in [1.165, 1.54) is 5.56 Å². The third-order valence-corrected chi connectivity index (χ3v) is 4.08. The zero-order valence-electron chi connectivity index (χ0n) is 13.3. The third kappa shape index (κ3) is 6.79. The van der Waals surface area contributed by atoms with Crippen LogP contribution in [0.4, 0.5) is 0 Å². The molecule has 0 saturated heterocycles. The van der Waals surface area contributed by atoms with Gasteiger partial charge in [-0.2, -0.15) is 0 Å². The molecule has 0 aliphatic rings. The first kappa shape index (κ1) is 18.4. The summed E-state index contributed by atoms with van der Waals surface area (Å²) in [6.45, 7) is 8.59. The molecule has 0 heterocycles. The van der Waals surface area contributed by atoms with Gasteiger partial charge in [0.2, 0.25) is 0 Å². The van der Waals surface area contributed by atoms with Gasteiger partial charge in [-0.15, -0.1) is 0 Å². The van der Waals surface area contributed by atoms with Gasteiger partial charge in [-0.3, -0.25) is 0 Å². The van der Waals surface area contributed by atoms with Gasteiger partial charge in [0.1, 0.15) is 0 Å². The number of nitrogens with zero attached hydrogens (tertiary/aromatic N) is 1. The average Bonchev–Trinajstić information content (AvgIpc) is 2.51. The standard InChI is InChI=1S/C17H29ClN2O/c1-3-11-19-17(15-8-5-6-9-16(15)18)10-13-20(4-2)12-7-14-21/h5-6,8-9,17,19,21H,3-4,7,10-14H2,1-2H3. The maximum Gasteiger partial charge on any atom is 0.0453 e. The van der Waals surface area contributed by atoms with Crippen molar-refractivity contribution in [1.82, 2.24) is 10.2 Å². The number of benzene rings is 1. The van der Waals surface area contributed by atoms with Crippen LogP contribution in [-0.4, -0.2) is 42.8 Å². The lowest BCUT2D eigenvalue weighted by molar-refractivity contribution is 0.222. The number of aliphatic hydroxyl groups is 1. The van der Waals surface area contributed by atoms with Gasteiger partial charge >= 0.3 is 0 Å². The Balaban J connectivity index is 2.63. The molecule has 0 bridgehead atoms. The van der Waals surface area contributed by atoms with Crippen LogP contribution in [0.1, 0.15) is 44.7 Å². The minimum atomic E-state index is 0.262. The smallest absolute Gasteiger partial charge is 0.0453 e. The van der Waals surface area contributed by atoms with Crippen LogP contribution in [0, 0.1) is 0 Å².